The maximum Gasteiger partial charge on any atom is 0.416 e. The summed E-state index contributed by atoms with van der Waals surface area (Å²) in [6.07, 6.45) is -9.18. The zero-order valence-electron chi connectivity index (χ0n) is 14.0. The molecule has 0 aliphatic rings. The van der Waals surface area contributed by atoms with Crippen molar-refractivity contribution in [2.75, 3.05) is 0 Å². The Balaban J connectivity index is 2.19. The van der Waals surface area contributed by atoms with Gasteiger partial charge in [0.15, 0.2) is 0 Å². The lowest BCUT2D eigenvalue weighted by Gasteiger charge is -2.25. The molecule has 0 aromatic heterocycles. The monoisotopic (exact) mass is 418 g/mol. The number of rotatable bonds is 3. The third-order valence-electron chi connectivity index (χ3n) is 3.95. The van der Waals surface area contributed by atoms with Crippen molar-refractivity contribution < 1.29 is 30.7 Å². The lowest BCUT2D eigenvalue weighted by atomic mass is 10.2. The van der Waals surface area contributed by atoms with Crippen LogP contribution in [0.3, 0.4) is 0 Å². The molecule has 0 bridgehead atoms. The van der Waals surface area contributed by atoms with Gasteiger partial charge in [0.2, 0.25) is 0 Å². The minimum atomic E-state index is -4.59. The fourth-order valence-electron chi connectivity index (χ4n) is 2.68. The van der Waals surface area contributed by atoms with Crippen molar-refractivity contribution in [2.24, 2.45) is 0 Å². The van der Waals surface area contributed by atoms with Crippen LogP contribution < -0.4 is 0 Å². The summed E-state index contributed by atoms with van der Waals surface area (Å²) in [4.78, 5) is 0.876. The number of benzene rings is 3. The molecule has 0 saturated heterocycles. The summed E-state index contributed by atoms with van der Waals surface area (Å²) in [5.41, 5.74) is -1.79. The van der Waals surface area contributed by atoms with Crippen molar-refractivity contribution in [3.63, 3.8) is 0 Å². The van der Waals surface area contributed by atoms with Gasteiger partial charge in [-0.2, -0.15) is 37.2 Å². The van der Waals surface area contributed by atoms with E-state index in [9.17, 15) is 30.7 Å². The van der Waals surface area contributed by atoms with E-state index < -0.39 is 40.2 Å². The van der Waals surface area contributed by atoms with Gasteiger partial charge in [0, 0.05) is 0 Å². The molecular weight excluding hydrogens is 405 g/mol. The molecular formula is C20H13F7S. The smallest absolute Gasteiger partial charge is 0.207 e. The average molecular weight is 418 g/mol. The molecule has 148 valence electrons. The van der Waals surface area contributed by atoms with Gasteiger partial charge in [0.25, 0.3) is 0 Å². The van der Waals surface area contributed by atoms with Gasteiger partial charge in [-0.05, 0) is 75.4 Å². The summed E-state index contributed by atoms with van der Waals surface area (Å²) in [6.45, 7) is 0. The highest BCUT2D eigenvalue weighted by Gasteiger charge is 2.32. The molecule has 28 heavy (non-hydrogen) atoms. The summed E-state index contributed by atoms with van der Waals surface area (Å²) >= 11 is 0. The van der Waals surface area contributed by atoms with Gasteiger partial charge < -0.3 is 0 Å². The SMILES string of the molecule is Fc1ccc([SH](c2cccc(C(F)(F)F)c2)c2cccc(C(F)(F)F)c2)cc1. The first-order chi connectivity index (χ1) is 13.1. The molecule has 0 nitrogen and oxygen atoms in total. The van der Waals surface area contributed by atoms with Crippen LogP contribution in [-0.4, -0.2) is 0 Å². The molecule has 0 amide bonds. The number of alkyl halides is 6. The van der Waals surface area contributed by atoms with Gasteiger partial charge in [-0.3, -0.25) is 0 Å². The molecule has 0 spiro atoms. The maximum absolute atomic E-state index is 13.3. The Morgan fingerprint density at radius 1 is 0.536 bits per heavy atom. The van der Waals surface area contributed by atoms with E-state index in [-0.39, 0.29) is 9.79 Å². The zero-order valence-corrected chi connectivity index (χ0v) is 14.9. The molecule has 0 aliphatic heterocycles. The van der Waals surface area contributed by atoms with Gasteiger partial charge >= 0.3 is 12.4 Å². The Kier molecular flexibility index (Phi) is 5.43. The molecule has 0 N–H and O–H groups in total. The maximum atomic E-state index is 13.3. The summed E-state index contributed by atoms with van der Waals surface area (Å²) in [7, 11) is -1.75. The van der Waals surface area contributed by atoms with E-state index in [2.05, 4.69) is 0 Å². The van der Waals surface area contributed by atoms with Gasteiger partial charge in [0.1, 0.15) is 5.82 Å². The third kappa shape index (κ3) is 4.49. The Hall–Kier alpha value is -2.48. The van der Waals surface area contributed by atoms with Crippen molar-refractivity contribution in [1.82, 2.24) is 0 Å². The van der Waals surface area contributed by atoms with E-state index >= 15 is 0 Å². The normalized spacial score (nSPS) is 12.8. The fraction of sp³-hybridized carbons (Fsp3) is 0.100. The van der Waals surface area contributed by atoms with E-state index in [1.165, 1.54) is 36.4 Å². The van der Waals surface area contributed by atoms with Crippen LogP contribution in [0.4, 0.5) is 30.7 Å². The molecule has 3 aromatic carbocycles. The topological polar surface area (TPSA) is 0 Å². The van der Waals surface area contributed by atoms with E-state index in [4.69, 9.17) is 0 Å². The molecule has 0 unspecified atom stereocenters. The molecule has 0 radical (unpaired) electrons. The first kappa shape index (κ1) is 20.3. The van der Waals surface area contributed by atoms with Crippen LogP contribution in [0.5, 0.6) is 0 Å². The van der Waals surface area contributed by atoms with Crippen molar-refractivity contribution >= 4 is 10.9 Å². The van der Waals surface area contributed by atoms with E-state index in [0.717, 1.165) is 36.4 Å². The fourth-order valence-corrected chi connectivity index (χ4v) is 5.03. The number of halogens is 7. The van der Waals surface area contributed by atoms with E-state index in [1.54, 1.807) is 0 Å². The lowest BCUT2D eigenvalue weighted by Crippen LogP contribution is -2.06. The molecule has 0 saturated carbocycles. The number of hydrogen-bond acceptors (Lipinski definition) is 0. The van der Waals surface area contributed by atoms with Crippen molar-refractivity contribution in [2.45, 2.75) is 27.0 Å². The minimum Gasteiger partial charge on any atom is -0.207 e. The predicted octanol–water partition coefficient (Wildman–Crippen LogP) is 7.34. The van der Waals surface area contributed by atoms with Crippen LogP contribution in [0.15, 0.2) is 87.5 Å². The Morgan fingerprint density at radius 3 is 1.36 bits per heavy atom. The summed E-state index contributed by atoms with van der Waals surface area (Å²) in [5.74, 6) is -0.549. The van der Waals surface area contributed by atoms with Gasteiger partial charge in [-0.15, -0.1) is 0 Å². The molecule has 3 rings (SSSR count). The van der Waals surface area contributed by atoms with E-state index in [1.807, 2.05) is 0 Å². The number of hydrogen-bond donors (Lipinski definition) is 1. The summed E-state index contributed by atoms with van der Waals surface area (Å²) < 4.78 is 92.0. The van der Waals surface area contributed by atoms with Crippen LogP contribution in [-0.2, 0) is 12.4 Å². The van der Waals surface area contributed by atoms with Crippen LogP contribution in [0.25, 0.3) is 0 Å². The minimum absolute atomic E-state index is 0.218. The second-order valence-corrected chi connectivity index (χ2v) is 8.13. The third-order valence-corrected chi connectivity index (χ3v) is 6.35. The highest BCUT2D eigenvalue weighted by molar-refractivity contribution is 8.17. The number of thiol groups is 1. The van der Waals surface area contributed by atoms with Crippen LogP contribution in [0.1, 0.15) is 11.1 Å². The standard InChI is InChI=1S/C20H13F7S/c21-15-7-9-16(10-8-15)28(17-5-1-3-13(11-17)19(22,23)24)18-6-2-4-14(12-18)20(25,26)27/h1-12,28H. The molecule has 0 atom stereocenters. The van der Waals surface area contributed by atoms with Crippen molar-refractivity contribution in [3.05, 3.63) is 89.7 Å². The van der Waals surface area contributed by atoms with Crippen LogP contribution in [0, 0.1) is 5.82 Å². The lowest BCUT2D eigenvalue weighted by molar-refractivity contribution is -0.138. The Morgan fingerprint density at radius 2 is 0.964 bits per heavy atom. The molecule has 0 aliphatic carbocycles. The largest absolute Gasteiger partial charge is 0.416 e. The predicted molar refractivity (Wildman–Crippen MR) is 93.1 cm³/mol. The van der Waals surface area contributed by atoms with Gasteiger partial charge in [0.05, 0.1) is 11.1 Å². The Bertz CT molecular complexity index is 902. The van der Waals surface area contributed by atoms with Gasteiger partial charge in [-0.25, -0.2) is 4.39 Å². The van der Waals surface area contributed by atoms with Crippen molar-refractivity contribution in [3.8, 4) is 0 Å². The van der Waals surface area contributed by atoms with Crippen molar-refractivity contribution in [1.29, 1.82) is 0 Å². The molecule has 0 heterocycles. The second-order valence-electron chi connectivity index (χ2n) is 5.91. The van der Waals surface area contributed by atoms with Crippen LogP contribution >= 0.6 is 10.9 Å². The average Bonchev–Trinajstić information content (AvgIpc) is 2.63. The van der Waals surface area contributed by atoms with Crippen LogP contribution in [0.2, 0.25) is 0 Å². The highest BCUT2D eigenvalue weighted by Crippen LogP contribution is 2.52. The summed E-state index contributed by atoms with van der Waals surface area (Å²) in [6, 6.07) is 14.0. The first-order valence-electron chi connectivity index (χ1n) is 7.96. The molecule has 8 heteroatoms. The second kappa shape index (κ2) is 7.50. The first-order valence-corrected chi connectivity index (χ1v) is 9.30. The molecule has 3 aromatic rings. The zero-order chi connectivity index (χ0) is 20.5. The Labute approximate surface area is 159 Å². The molecule has 0 fully saturated rings. The van der Waals surface area contributed by atoms with Gasteiger partial charge in [-0.1, -0.05) is 12.1 Å². The highest BCUT2D eigenvalue weighted by atomic mass is 32.2. The van der Waals surface area contributed by atoms with E-state index in [0.29, 0.717) is 4.90 Å². The summed E-state index contributed by atoms with van der Waals surface area (Å²) in [5, 5.41) is 0. The quantitative estimate of drug-likeness (QED) is 0.334.